The Hall–Kier alpha value is -2.99. The van der Waals surface area contributed by atoms with Gasteiger partial charge >= 0.3 is 0 Å². The fourth-order valence-corrected chi connectivity index (χ4v) is 3.81. The molecule has 6 heteroatoms. The minimum Gasteiger partial charge on any atom is -0.393 e. The van der Waals surface area contributed by atoms with E-state index in [4.69, 9.17) is 0 Å². The molecule has 0 saturated carbocycles. The van der Waals surface area contributed by atoms with Crippen LogP contribution in [0.5, 0.6) is 0 Å². The molecule has 1 heterocycles. The van der Waals surface area contributed by atoms with Gasteiger partial charge in [0.25, 0.3) is 11.8 Å². The first-order valence-corrected chi connectivity index (χ1v) is 10.7. The number of aryl methyl sites for hydroxylation is 1. The van der Waals surface area contributed by atoms with E-state index in [1.807, 2.05) is 50.2 Å². The summed E-state index contributed by atoms with van der Waals surface area (Å²) in [7, 11) is 0. The molecule has 2 aromatic carbocycles. The van der Waals surface area contributed by atoms with E-state index < -0.39 is 11.5 Å². The van der Waals surface area contributed by atoms with Crippen LogP contribution in [0.4, 0.5) is 0 Å². The molecule has 1 aliphatic rings. The van der Waals surface area contributed by atoms with Crippen molar-refractivity contribution in [2.75, 3.05) is 13.1 Å². The minimum absolute atomic E-state index is 0.160. The Morgan fingerprint density at radius 3 is 2.45 bits per heavy atom. The second kappa shape index (κ2) is 9.43. The molecule has 2 atom stereocenters. The smallest absolute Gasteiger partial charge is 0.261 e. The number of rotatable bonds is 9. The molecule has 0 fully saturated rings. The van der Waals surface area contributed by atoms with Gasteiger partial charge in [-0.3, -0.25) is 19.3 Å². The first-order chi connectivity index (χ1) is 14.7. The molecule has 1 aliphatic heterocycles. The molecule has 2 unspecified atom stereocenters. The number of nitrogens with zero attached hydrogens (tertiary/aromatic N) is 1. The lowest BCUT2D eigenvalue weighted by Crippen LogP contribution is -2.44. The number of aliphatic hydroxyl groups is 1. The Morgan fingerprint density at radius 1 is 1.10 bits per heavy atom. The molecule has 6 nitrogen and oxygen atoms in total. The molecule has 3 amide bonds. The molecular weight excluding hydrogens is 392 g/mol. The van der Waals surface area contributed by atoms with Crippen LogP contribution in [-0.2, 0) is 11.2 Å². The van der Waals surface area contributed by atoms with Crippen LogP contribution in [0.15, 0.2) is 48.5 Å². The van der Waals surface area contributed by atoms with Crippen molar-refractivity contribution in [3.63, 3.8) is 0 Å². The quantitative estimate of drug-likeness (QED) is 0.608. The lowest BCUT2D eigenvalue weighted by atomic mass is 9.79. The number of carbonyl (C=O) groups is 3. The number of aliphatic hydroxyl groups excluding tert-OH is 1. The first kappa shape index (κ1) is 22.7. The molecule has 3 rings (SSSR count). The fraction of sp³-hybridized carbons (Fsp3) is 0.400. The normalized spacial score (nSPS) is 16.1. The Bertz CT molecular complexity index is 971. The van der Waals surface area contributed by atoms with Gasteiger partial charge in [-0.15, -0.1) is 0 Å². The molecule has 0 bridgehead atoms. The minimum atomic E-state index is -0.602. The number of amides is 3. The maximum Gasteiger partial charge on any atom is 0.261 e. The van der Waals surface area contributed by atoms with Gasteiger partial charge in [-0.1, -0.05) is 48.9 Å². The first-order valence-electron chi connectivity index (χ1n) is 10.7. The van der Waals surface area contributed by atoms with Gasteiger partial charge in [-0.2, -0.15) is 0 Å². The standard InChI is InChI=1S/C25H30N2O4/c1-17-11-12-20-21(14-17)24(31)27(23(20)30)13-7-10-22(29)26-16-25(3,18(2)28)15-19-8-5-4-6-9-19/h4-6,8-9,11-12,14,18,28H,7,10,13,15-16H2,1-3H3,(H,26,29). The Labute approximate surface area is 183 Å². The van der Waals surface area contributed by atoms with Gasteiger partial charge in [0.05, 0.1) is 17.2 Å². The number of hydrogen-bond acceptors (Lipinski definition) is 4. The molecule has 0 radical (unpaired) electrons. The molecule has 0 saturated heterocycles. The van der Waals surface area contributed by atoms with Crippen molar-refractivity contribution in [2.45, 2.75) is 46.1 Å². The van der Waals surface area contributed by atoms with Crippen LogP contribution in [0, 0.1) is 12.3 Å². The van der Waals surface area contributed by atoms with Crippen LogP contribution in [-0.4, -0.2) is 46.9 Å². The zero-order valence-corrected chi connectivity index (χ0v) is 18.4. The number of carbonyl (C=O) groups excluding carboxylic acids is 3. The molecular formula is C25H30N2O4. The van der Waals surface area contributed by atoms with E-state index in [-0.39, 0.29) is 30.7 Å². The number of benzene rings is 2. The highest BCUT2D eigenvalue weighted by Gasteiger charge is 2.35. The van der Waals surface area contributed by atoms with Crippen molar-refractivity contribution in [1.29, 1.82) is 0 Å². The highest BCUT2D eigenvalue weighted by atomic mass is 16.3. The predicted molar refractivity (Wildman–Crippen MR) is 119 cm³/mol. The number of hydrogen-bond donors (Lipinski definition) is 2. The number of nitrogens with one attached hydrogen (secondary N) is 1. The second-order valence-corrected chi connectivity index (χ2v) is 8.68. The van der Waals surface area contributed by atoms with E-state index in [2.05, 4.69) is 5.32 Å². The van der Waals surface area contributed by atoms with E-state index in [0.29, 0.717) is 30.5 Å². The molecule has 2 aromatic rings. The maximum absolute atomic E-state index is 12.5. The summed E-state index contributed by atoms with van der Waals surface area (Å²) in [5, 5.41) is 13.2. The molecule has 0 spiro atoms. The van der Waals surface area contributed by atoms with Crippen LogP contribution >= 0.6 is 0 Å². The Morgan fingerprint density at radius 2 is 1.77 bits per heavy atom. The summed E-state index contributed by atoms with van der Waals surface area (Å²) in [6, 6.07) is 15.1. The molecule has 31 heavy (non-hydrogen) atoms. The van der Waals surface area contributed by atoms with Crippen LogP contribution in [0.25, 0.3) is 0 Å². The summed E-state index contributed by atoms with van der Waals surface area (Å²) in [4.78, 5) is 38.6. The van der Waals surface area contributed by atoms with Crippen molar-refractivity contribution in [3.05, 3.63) is 70.8 Å². The molecule has 0 aliphatic carbocycles. The summed E-state index contributed by atoms with van der Waals surface area (Å²) in [6.07, 6.45) is 0.628. The van der Waals surface area contributed by atoms with Crippen molar-refractivity contribution in [2.24, 2.45) is 5.41 Å². The van der Waals surface area contributed by atoms with Crippen molar-refractivity contribution < 1.29 is 19.5 Å². The molecule has 2 N–H and O–H groups in total. The van der Waals surface area contributed by atoms with E-state index in [1.165, 1.54) is 4.90 Å². The monoisotopic (exact) mass is 422 g/mol. The van der Waals surface area contributed by atoms with E-state index >= 15 is 0 Å². The van der Waals surface area contributed by atoms with Crippen molar-refractivity contribution >= 4 is 17.7 Å². The van der Waals surface area contributed by atoms with Crippen LogP contribution in [0.1, 0.15) is 58.5 Å². The third kappa shape index (κ3) is 5.20. The highest BCUT2D eigenvalue weighted by Crippen LogP contribution is 2.27. The van der Waals surface area contributed by atoms with Crippen LogP contribution in [0.3, 0.4) is 0 Å². The van der Waals surface area contributed by atoms with Gasteiger partial charge in [0, 0.05) is 24.9 Å². The molecule has 164 valence electrons. The summed E-state index contributed by atoms with van der Waals surface area (Å²) in [5.74, 6) is -0.758. The van der Waals surface area contributed by atoms with Crippen LogP contribution < -0.4 is 5.32 Å². The van der Waals surface area contributed by atoms with Gasteiger partial charge in [0.2, 0.25) is 5.91 Å². The van der Waals surface area contributed by atoms with E-state index in [0.717, 1.165) is 11.1 Å². The van der Waals surface area contributed by atoms with Crippen molar-refractivity contribution in [1.82, 2.24) is 10.2 Å². The zero-order valence-electron chi connectivity index (χ0n) is 18.4. The second-order valence-electron chi connectivity index (χ2n) is 8.68. The number of imide groups is 1. The third-order valence-corrected chi connectivity index (χ3v) is 6.06. The average molecular weight is 423 g/mol. The lowest BCUT2D eigenvalue weighted by Gasteiger charge is -2.33. The SMILES string of the molecule is Cc1ccc2c(c1)C(=O)N(CCCC(=O)NCC(C)(Cc1ccccc1)C(C)O)C2=O. The van der Waals surface area contributed by atoms with Gasteiger partial charge in [-0.05, 0) is 44.4 Å². The van der Waals surface area contributed by atoms with Gasteiger partial charge in [0.1, 0.15) is 0 Å². The topological polar surface area (TPSA) is 86.7 Å². The third-order valence-electron chi connectivity index (χ3n) is 6.06. The largest absolute Gasteiger partial charge is 0.393 e. The Kier molecular flexibility index (Phi) is 6.91. The molecule has 0 aromatic heterocycles. The Balaban J connectivity index is 1.50. The van der Waals surface area contributed by atoms with Crippen molar-refractivity contribution in [3.8, 4) is 0 Å². The summed E-state index contributed by atoms with van der Waals surface area (Å²) >= 11 is 0. The van der Waals surface area contributed by atoms with E-state index in [9.17, 15) is 19.5 Å². The average Bonchev–Trinajstić information content (AvgIpc) is 2.97. The zero-order chi connectivity index (χ0) is 22.6. The van der Waals surface area contributed by atoms with E-state index in [1.54, 1.807) is 19.1 Å². The highest BCUT2D eigenvalue weighted by molar-refractivity contribution is 6.21. The van der Waals surface area contributed by atoms with Gasteiger partial charge < -0.3 is 10.4 Å². The number of fused-ring (bicyclic) bond motifs is 1. The van der Waals surface area contributed by atoms with Gasteiger partial charge in [-0.25, -0.2) is 0 Å². The van der Waals surface area contributed by atoms with Gasteiger partial charge in [0.15, 0.2) is 0 Å². The predicted octanol–water partition coefficient (Wildman–Crippen LogP) is 3.12. The summed E-state index contributed by atoms with van der Waals surface area (Å²) in [6.45, 7) is 6.11. The van der Waals surface area contributed by atoms with Crippen LogP contribution in [0.2, 0.25) is 0 Å². The fourth-order valence-electron chi connectivity index (χ4n) is 3.81. The lowest BCUT2D eigenvalue weighted by molar-refractivity contribution is -0.122. The maximum atomic E-state index is 12.5. The summed E-state index contributed by atoms with van der Waals surface area (Å²) in [5.41, 5.74) is 2.38. The summed E-state index contributed by atoms with van der Waals surface area (Å²) < 4.78 is 0.